The summed E-state index contributed by atoms with van der Waals surface area (Å²) < 4.78 is 5.20. The van der Waals surface area contributed by atoms with Crippen molar-refractivity contribution in [2.75, 3.05) is 11.9 Å². The predicted octanol–water partition coefficient (Wildman–Crippen LogP) is 1.49. The van der Waals surface area contributed by atoms with Crippen LogP contribution in [0.1, 0.15) is 27.2 Å². The lowest BCUT2D eigenvalue weighted by Crippen LogP contribution is -2.57. The Hall–Kier alpha value is -1.14. The van der Waals surface area contributed by atoms with Crippen LogP contribution in [0.3, 0.4) is 0 Å². The van der Waals surface area contributed by atoms with Crippen molar-refractivity contribution in [3.05, 3.63) is 5.28 Å². The number of aliphatic hydroxyl groups is 1. The van der Waals surface area contributed by atoms with Crippen molar-refractivity contribution >= 4 is 17.5 Å². The highest BCUT2D eigenvalue weighted by Crippen LogP contribution is 2.41. The molecule has 1 fully saturated rings. The first-order valence-corrected chi connectivity index (χ1v) is 6.30. The van der Waals surface area contributed by atoms with Crippen LogP contribution in [0.4, 0.5) is 5.95 Å². The van der Waals surface area contributed by atoms with Crippen LogP contribution in [-0.4, -0.2) is 38.8 Å². The van der Waals surface area contributed by atoms with E-state index in [1.807, 2.05) is 20.8 Å². The summed E-state index contributed by atoms with van der Waals surface area (Å²) in [5.74, 6) is 0.378. The van der Waals surface area contributed by atoms with E-state index >= 15 is 0 Å². The molecule has 0 aromatic carbocycles. The fourth-order valence-electron chi connectivity index (χ4n) is 1.89. The highest BCUT2D eigenvalue weighted by atomic mass is 35.5. The van der Waals surface area contributed by atoms with Crippen molar-refractivity contribution < 1.29 is 9.84 Å². The maximum Gasteiger partial charge on any atom is 0.322 e. The topological polar surface area (TPSA) is 80.2 Å². The predicted molar refractivity (Wildman–Crippen MR) is 67.8 cm³/mol. The van der Waals surface area contributed by atoms with Crippen molar-refractivity contribution in [3.8, 4) is 6.01 Å². The molecule has 100 valence electrons. The third-order valence-corrected chi connectivity index (χ3v) is 3.55. The number of hydrogen-bond donors (Lipinski definition) is 2. The van der Waals surface area contributed by atoms with E-state index in [2.05, 4.69) is 20.3 Å². The van der Waals surface area contributed by atoms with Gasteiger partial charge in [0.05, 0.1) is 12.7 Å². The van der Waals surface area contributed by atoms with Gasteiger partial charge in [0.2, 0.25) is 11.2 Å². The van der Waals surface area contributed by atoms with Gasteiger partial charge in [-0.1, -0.05) is 13.8 Å². The number of aromatic nitrogens is 3. The molecular formula is C11H17ClN4O2. The van der Waals surface area contributed by atoms with Crippen LogP contribution in [0, 0.1) is 5.41 Å². The number of ether oxygens (including phenoxy) is 1. The van der Waals surface area contributed by atoms with Crippen LogP contribution < -0.4 is 10.1 Å². The summed E-state index contributed by atoms with van der Waals surface area (Å²) in [6.07, 6.45) is 0.360. The lowest BCUT2D eigenvalue weighted by Gasteiger charge is -2.49. The minimum atomic E-state index is -0.307. The van der Waals surface area contributed by atoms with Gasteiger partial charge < -0.3 is 15.2 Å². The second-order valence-electron chi connectivity index (χ2n) is 4.91. The molecule has 1 saturated carbocycles. The molecule has 1 aromatic rings. The third-order valence-electron chi connectivity index (χ3n) is 3.38. The lowest BCUT2D eigenvalue weighted by atomic mass is 9.65. The van der Waals surface area contributed by atoms with Gasteiger partial charge in [0, 0.05) is 11.5 Å². The van der Waals surface area contributed by atoms with Crippen molar-refractivity contribution in [1.82, 2.24) is 15.0 Å². The van der Waals surface area contributed by atoms with Gasteiger partial charge in [-0.2, -0.15) is 15.0 Å². The van der Waals surface area contributed by atoms with Crippen molar-refractivity contribution in [1.29, 1.82) is 0 Å². The average Bonchev–Trinajstić information content (AvgIpc) is 2.28. The Morgan fingerprint density at radius 2 is 2.17 bits per heavy atom. The molecule has 2 atom stereocenters. The molecule has 18 heavy (non-hydrogen) atoms. The Labute approximate surface area is 111 Å². The Morgan fingerprint density at radius 3 is 2.72 bits per heavy atom. The number of halogens is 1. The van der Waals surface area contributed by atoms with Crippen LogP contribution in [0.15, 0.2) is 0 Å². The molecule has 2 unspecified atom stereocenters. The Kier molecular flexibility index (Phi) is 3.59. The maximum atomic E-state index is 9.67. The van der Waals surface area contributed by atoms with Crippen molar-refractivity contribution in [2.45, 2.75) is 39.3 Å². The molecule has 0 aliphatic heterocycles. The van der Waals surface area contributed by atoms with Crippen LogP contribution in [0.5, 0.6) is 6.01 Å². The van der Waals surface area contributed by atoms with Crippen LogP contribution in [0.25, 0.3) is 0 Å². The fourth-order valence-corrected chi connectivity index (χ4v) is 2.05. The van der Waals surface area contributed by atoms with Crippen LogP contribution >= 0.6 is 11.6 Å². The Bertz CT molecular complexity index is 441. The number of nitrogens with zero attached hydrogens (tertiary/aromatic N) is 3. The zero-order valence-corrected chi connectivity index (χ0v) is 11.4. The highest BCUT2D eigenvalue weighted by Gasteiger charge is 2.47. The molecule has 0 saturated heterocycles. The largest absolute Gasteiger partial charge is 0.464 e. The normalized spacial score (nSPS) is 25.4. The van der Waals surface area contributed by atoms with E-state index in [-0.39, 0.29) is 28.9 Å². The third kappa shape index (κ3) is 2.49. The zero-order chi connectivity index (χ0) is 13.3. The Morgan fingerprint density at radius 1 is 1.44 bits per heavy atom. The van der Waals surface area contributed by atoms with E-state index in [9.17, 15) is 5.11 Å². The molecule has 0 amide bonds. The van der Waals surface area contributed by atoms with Crippen LogP contribution in [-0.2, 0) is 0 Å². The van der Waals surface area contributed by atoms with E-state index in [1.54, 1.807) is 0 Å². The van der Waals surface area contributed by atoms with Gasteiger partial charge in [-0.25, -0.2) is 0 Å². The SMILES string of the molecule is CCOc1nc(Cl)nc(NC2CC(O)C2(C)C)n1. The summed E-state index contributed by atoms with van der Waals surface area (Å²) in [4.78, 5) is 12.0. The molecule has 6 nitrogen and oxygen atoms in total. The van der Waals surface area contributed by atoms with Gasteiger partial charge in [-0.15, -0.1) is 0 Å². The van der Waals surface area contributed by atoms with E-state index in [1.165, 1.54) is 0 Å². The fraction of sp³-hybridized carbons (Fsp3) is 0.727. The van der Waals surface area contributed by atoms with Crippen molar-refractivity contribution in [2.24, 2.45) is 5.41 Å². The lowest BCUT2D eigenvalue weighted by molar-refractivity contribution is -0.0513. The number of rotatable bonds is 4. The molecule has 1 aliphatic rings. The summed E-state index contributed by atoms with van der Waals surface area (Å²) in [5.41, 5.74) is -0.203. The first-order valence-electron chi connectivity index (χ1n) is 5.92. The average molecular weight is 273 g/mol. The quantitative estimate of drug-likeness (QED) is 0.865. The first-order chi connectivity index (χ1) is 8.43. The van der Waals surface area contributed by atoms with Gasteiger partial charge in [-0.3, -0.25) is 0 Å². The molecule has 0 bridgehead atoms. The monoisotopic (exact) mass is 272 g/mol. The van der Waals surface area contributed by atoms with Gasteiger partial charge in [0.1, 0.15) is 0 Å². The number of hydrogen-bond acceptors (Lipinski definition) is 6. The minimum absolute atomic E-state index is 0.0913. The molecule has 2 rings (SSSR count). The number of anilines is 1. The maximum absolute atomic E-state index is 9.67. The molecular weight excluding hydrogens is 256 g/mol. The van der Waals surface area contributed by atoms with Gasteiger partial charge in [0.15, 0.2) is 0 Å². The van der Waals surface area contributed by atoms with E-state index in [4.69, 9.17) is 16.3 Å². The van der Waals surface area contributed by atoms with E-state index < -0.39 is 0 Å². The number of nitrogens with one attached hydrogen (secondary N) is 1. The molecule has 1 aromatic heterocycles. The summed E-state index contributed by atoms with van der Waals surface area (Å²) in [6.45, 7) is 6.29. The van der Waals surface area contributed by atoms with E-state index in [0.29, 0.717) is 19.0 Å². The molecule has 0 radical (unpaired) electrons. The standard InChI is InChI=1S/C11H17ClN4O2/c1-4-18-10-15-8(12)14-9(16-10)13-6-5-7(17)11(6,2)3/h6-7,17H,4-5H2,1-3H3,(H,13,14,15,16). The molecule has 1 heterocycles. The second-order valence-corrected chi connectivity index (χ2v) is 5.25. The molecule has 0 spiro atoms. The van der Waals surface area contributed by atoms with E-state index in [0.717, 1.165) is 0 Å². The minimum Gasteiger partial charge on any atom is -0.464 e. The van der Waals surface area contributed by atoms with Crippen molar-refractivity contribution in [3.63, 3.8) is 0 Å². The summed E-state index contributed by atoms with van der Waals surface area (Å²) in [7, 11) is 0. The van der Waals surface area contributed by atoms with Gasteiger partial charge >= 0.3 is 6.01 Å². The van der Waals surface area contributed by atoms with Crippen LogP contribution in [0.2, 0.25) is 5.28 Å². The summed E-state index contributed by atoms with van der Waals surface area (Å²) >= 11 is 5.80. The number of aliphatic hydroxyl groups excluding tert-OH is 1. The first kappa shape index (κ1) is 13.3. The molecule has 2 N–H and O–H groups in total. The zero-order valence-electron chi connectivity index (χ0n) is 10.6. The smallest absolute Gasteiger partial charge is 0.322 e. The second kappa shape index (κ2) is 4.85. The molecule has 7 heteroatoms. The highest BCUT2D eigenvalue weighted by molar-refractivity contribution is 6.28. The molecule has 1 aliphatic carbocycles. The summed E-state index contributed by atoms with van der Waals surface area (Å²) in [5, 5.41) is 12.9. The van der Waals surface area contributed by atoms with Gasteiger partial charge in [-0.05, 0) is 24.9 Å². The van der Waals surface area contributed by atoms with Gasteiger partial charge in [0.25, 0.3) is 0 Å². The Balaban J connectivity index is 2.10. The summed E-state index contributed by atoms with van der Waals surface area (Å²) in [6, 6.07) is 0.318.